The second-order valence-electron chi connectivity index (χ2n) is 35.5. The topological polar surface area (TPSA) is 467 Å². The van der Waals surface area contributed by atoms with Crippen molar-refractivity contribution < 1.29 is 174 Å². The monoisotopic (exact) mass is 1880 g/mol. The van der Waals surface area contributed by atoms with E-state index in [-0.39, 0.29) is 160 Å². The van der Waals surface area contributed by atoms with Crippen molar-refractivity contribution in [3.05, 3.63) is 241 Å². The van der Waals surface area contributed by atoms with Gasteiger partial charge >= 0.3 is 35.8 Å². The molecule has 0 saturated heterocycles. The second kappa shape index (κ2) is 32.1. The summed E-state index contributed by atoms with van der Waals surface area (Å²) in [5, 5.41) is 94.6. The number of hydrogen-bond donors (Lipinski definition) is 8. The van der Waals surface area contributed by atoms with Gasteiger partial charge in [0.1, 0.15) is 39.6 Å². The van der Waals surface area contributed by atoms with Crippen LogP contribution in [-0.2, 0) is 39.6 Å². The van der Waals surface area contributed by atoms with Crippen LogP contribution in [0.3, 0.4) is 0 Å². The van der Waals surface area contributed by atoms with Gasteiger partial charge in [-0.05, 0) is 84.9 Å². The summed E-state index contributed by atoms with van der Waals surface area (Å²) in [5.41, 5.74) is 1.91. The number of aromatic carboxylic acids is 6. The number of fused-ring (bicyclic) bond motifs is 16. The molecule has 12 heterocycles. The summed E-state index contributed by atoms with van der Waals surface area (Å²) in [6.07, 6.45) is 0. The van der Waals surface area contributed by atoms with Crippen LogP contribution >= 0.6 is 0 Å². The highest BCUT2D eigenvalue weighted by molar-refractivity contribution is 5.98. The van der Waals surface area contributed by atoms with Crippen LogP contribution in [0.4, 0.5) is 0 Å². The van der Waals surface area contributed by atoms with Crippen LogP contribution in [0, 0.1) is 0 Å². The standard InChI is InChI=1S/C102H82O36/c1-37-51-12-52-38(2)56-15-60-42(6)64-18-63-41(5)59-14-55(37)79-91-83(59)131-33-135-87(63)95-88(64)136-34-132-84(60)92(80(56)128-30-124-76(52)73(103)75(51)123-29-127-79)118-25-47-10-48(70(100(111)112)21-69(47)99(109)110)26-120-94-82-58-17-62-44(8)66-19-65-43(7)61-16-57-39(3)53-13-54(40(58)4)78(126-32-130-82)74(104)77(53)125-31-129-81(57)93(119-24-46-9-45(23-117-91)67(97(105)106)20-68(46)98(107)108)85(61)133-35-137-89(65)96(90(66)138-36-134-86(62)94)122-28-50-11-49(27-121-95)71(101(113)114)22-72(50)102(115)116/h9-22,37-44,103-104H,23-36H2,1-8H3,(H,105,106)(H,107,108)(H,109,110)(H,111,112)(H,113,114)(H,115,116). The summed E-state index contributed by atoms with van der Waals surface area (Å²) in [6.45, 7) is 4.82. The summed E-state index contributed by atoms with van der Waals surface area (Å²) in [7, 11) is 0. The minimum absolute atomic E-state index is 0.0173. The average molecular weight is 1880 g/mol. The van der Waals surface area contributed by atoms with Crippen molar-refractivity contribution in [2.75, 3.05) is 54.3 Å². The molecule has 8 unspecified atom stereocenters. The highest BCUT2D eigenvalue weighted by Gasteiger charge is 2.47. The van der Waals surface area contributed by atoms with Gasteiger partial charge < -0.3 is 145 Å². The number of phenols is 2. The quantitative estimate of drug-likeness (QED) is 0.0766. The summed E-state index contributed by atoms with van der Waals surface area (Å²) < 4.78 is 151. The zero-order valence-electron chi connectivity index (χ0n) is 74.6. The summed E-state index contributed by atoms with van der Waals surface area (Å²) in [5.74, 6) is -19.6. The fraction of sp³-hybridized carbons (Fsp3) is 0.294. The maximum atomic E-state index is 14.1. The van der Waals surface area contributed by atoms with Gasteiger partial charge in [-0.25, -0.2) is 28.8 Å². The van der Waals surface area contributed by atoms with E-state index in [1.807, 2.05) is 104 Å². The molecule has 0 amide bonds. The molecule has 23 rings (SSSR count). The molecule has 11 aromatic rings. The lowest BCUT2D eigenvalue weighted by molar-refractivity contribution is 0.0671. The number of carboxylic acid groups (broad SMARTS) is 6. The Balaban J connectivity index is 0.863. The molecule has 706 valence electrons. The Hall–Kier alpha value is -16.6. The second-order valence-corrected chi connectivity index (χ2v) is 35.5. The molecule has 138 heavy (non-hydrogen) atoms. The van der Waals surface area contributed by atoms with Crippen molar-refractivity contribution in [1.29, 1.82) is 0 Å². The number of rotatable bonds is 6. The summed E-state index contributed by atoms with van der Waals surface area (Å²) in [6, 6.07) is 21.5. The minimum atomic E-state index is -1.57. The van der Waals surface area contributed by atoms with E-state index < -0.39 is 222 Å². The molecule has 36 heteroatoms. The predicted molar refractivity (Wildman–Crippen MR) is 471 cm³/mol. The maximum absolute atomic E-state index is 14.1. The van der Waals surface area contributed by atoms with E-state index in [0.717, 1.165) is 18.2 Å². The molecule has 0 fully saturated rings. The van der Waals surface area contributed by atoms with Gasteiger partial charge in [0.05, 0.1) is 33.4 Å². The number of hydrogen-bond acceptors (Lipinski definition) is 30. The Kier molecular flexibility index (Phi) is 19.9. The molecule has 12 aliphatic heterocycles. The molecule has 0 saturated carbocycles. The third-order valence-electron chi connectivity index (χ3n) is 28.3. The Labute approximate surface area is 781 Å². The van der Waals surface area contributed by atoms with Crippen LogP contribution in [-0.4, -0.2) is 131 Å². The zero-order valence-corrected chi connectivity index (χ0v) is 74.6. The van der Waals surface area contributed by atoms with Gasteiger partial charge in [-0.15, -0.1) is 0 Å². The first-order valence-electron chi connectivity index (χ1n) is 44.3. The molecule has 12 aliphatic rings. The lowest BCUT2D eigenvalue weighted by Gasteiger charge is -2.35. The van der Waals surface area contributed by atoms with E-state index in [1.54, 1.807) is 0 Å². The van der Waals surface area contributed by atoms with Crippen LogP contribution in [0.5, 0.6) is 138 Å². The number of phenolic OH excluding ortho intramolecular Hbond substituents is 2. The van der Waals surface area contributed by atoms with Crippen molar-refractivity contribution in [2.45, 2.75) is 142 Å². The van der Waals surface area contributed by atoms with E-state index >= 15 is 0 Å². The lowest BCUT2D eigenvalue weighted by Crippen LogP contribution is -2.23. The molecule has 0 spiro atoms. The van der Waals surface area contributed by atoms with E-state index in [0.29, 0.717) is 89.0 Å². The molecule has 8 atom stereocenters. The number of aromatic hydroxyl groups is 2. The highest BCUT2D eigenvalue weighted by atomic mass is 16.7. The lowest BCUT2D eigenvalue weighted by atomic mass is 9.79. The maximum Gasteiger partial charge on any atom is 0.336 e. The highest BCUT2D eigenvalue weighted by Crippen LogP contribution is 2.66. The Morgan fingerprint density at radius 3 is 0.413 bits per heavy atom. The van der Waals surface area contributed by atoms with E-state index in [9.17, 15) is 69.6 Å². The molecule has 0 aliphatic carbocycles. The van der Waals surface area contributed by atoms with Gasteiger partial charge in [0.15, 0.2) is 92.0 Å². The van der Waals surface area contributed by atoms with Crippen molar-refractivity contribution in [1.82, 2.24) is 0 Å². The molecule has 8 N–H and O–H groups in total. The molecule has 36 nitrogen and oxygen atoms in total. The number of carbonyl (C=O) groups is 6. The van der Waals surface area contributed by atoms with Crippen LogP contribution in [0.25, 0.3) is 0 Å². The fourth-order valence-electron chi connectivity index (χ4n) is 21.1. The van der Waals surface area contributed by atoms with Gasteiger partial charge in [-0.3, -0.25) is 0 Å². The molecular weight excluding hydrogens is 1800 g/mol. The minimum Gasteiger partial charge on any atom is -0.502 e. The van der Waals surface area contributed by atoms with Gasteiger partial charge in [0.2, 0.25) is 100 Å². The van der Waals surface area contributed by atoms with Crippen LogP contribution in [0.15, 0.2) is 84.9 Å². The zero-order chi connectivity index (χ0) is 95.5. The van der Waals surface area contributed by atoms with Crippen LogP contribution in [0.1, 0.15) is 287 Å². The Morgan fingerprint density at radius 2 is 0.290 bits per heavy atom. The van der Waals surface area contributed by atoms with E-state index in [2.05, 4.69) is 0 Å². The van der Waals surface area contributed by atoms with Gasteiger partial charge in [0, 0.05) is 170 Å². The van der Waals surface area contributed by atoms with Gasteiger partial charge in [0.25, 0.3) is 0 Å². The fourth-order valence-corrected chi connectivity index (χ4v) is 21.1. The largest absolute Gasteiger partial charge is 0.502 e. The predicted octanol–water partition coefficient (Wildman–Crippen LogP) is 17.1. The first kappa shape index (κ1) is 85.6. The van der Waals surface area contributed by atoms with Crippen LogP contribution < -0.4 is 104 Å². The van der Waals surface area contributed by atoms with Gasteiger partial charge in [-0.2, -0.15) is 0 Å². The normalized spacial score (nSPS) is 20.0. The van der Waals surface area contributed by atoms with Gasteiger partial charge in [-0.1, -0.05) is 55.4 Å². The van der Waals surface area contributed by atoms with E-state index in [1.165, 1.54) is 18.2 Å². The molecule has 0 radical (unpaired) electrons. The van der Waals surface area contributed by atoms with Crippen molar-refractivity contribution in [3.63, 3.8) is 0 Å². The van der Waals surface area contributed by atoms with Crippen molar-refractivity contribution in [3.8, 4) is 138 Å². The number of ether oxygens (including phenoxy) is 22. The molecule has 0 aromatic heterocycles. The first-order chi connectivity index (χ1) is 66.6. The molecular formula is C102H82O36. The summed E-state index contributed by atoms with van der Waals surface area (Å²) >= 11 is 0. The average Bonchev–Trinajstić information content (AvgIpc) is 0.724. The van der Waals surface area contributed by atoms with Crippen molar-refractivity contribution >= 4 is 35.8 Å². The SMILES string of the molecule is CC1c2cc3c4c(O)c2OCOc2c1cc1c5c2OCc2cc(c(C(=O)O)cc2C(=O)O)COc2c6c7cc8c2OCOc2c(cc9c%10c2OCc2cc(c(C(=O)O)cc2C(=O)O)COc2c(c(cc%11c2OCOc2c(cc(c(c2OCc2cc(c(C(=O)O)cc2C(=O)O)COc2c%12c(cc(c2OCO%10)C9C)C(C)c2cc(c(c(O)c2OCO%12)OCO6)C7C)OCO4)C3C)C%11C)C1C)OCO5)C8C. The van der Waals surface area contributed by atoms with Crippen molar-refractivity contribution in [2.24, 2.45) is 0 Å². The number of benzene rings is 11. The third-order valence-corrected chi connectivity index (χ3v) is 28.3. The van der Waals surface area contributed by atoms with Crippen LogP contribution in [0.2, 0.25) is 0 Å². The third kappa shape index (κ3) is 13.1. The first-order valence-corrected chi connectivity index (χ1v) is 44.3. The van der Waals surface area contributed by atoms with E-state index in [4.69, 9.17) is 104 Å². The Morgan fingerprint density at radius 1 is 0.174 bits per heavy atom. The molecule has 28 bridgehead atoms. The number of carboxylic acids is 6. The molecule has 11 aromatic carbocycles. The smallest absolute Gasteiger partial charge is 0.336 e. The Bertz CT molecular complexity index is 6510. The summed E-state index contributed by atoms with van der Waals surface area (Å²) in [4.78, 5) is 84.6.